The lowest BCUT2D eigenvalue weighted by Gasteiger charge is -2.10. The van der Waals surface area contributed by atoms with Crippen molar-refractivity contribution in [1.82, 2.24) is 0 Å². The Bertz CT molecular complexity index is 237. The van der Waals surface area contributed by atoms with Crippen molar-refractivity contribution in [3.8, 4) is 0 Å². The van der Waals surface area contributed by atoms with Gasteiger partial charge < -0.3 is 10.8 Å². The third-order valence-corrected chi connectivity index (χ3v) is 1.47. The Balaban J connectivity index is 5.01. The fourth-order valence-corrected chi connectivity index (χ4v) is 0.420. The number of hydrogen-bond donors (Lipinski definition) is 3. The fraction of sp³-hybridized carbons (Fsp3) is 0.600. The van der Waals surface area contributed by atoms with Gasteiger partial charge in [-0.3, -0.25) is 9.59 Å². The van der Waals surface area contributed by atoms with Crippen LogP contribution >= 0.6 is 12.6 Å². The lowest BCUT2D eigenvalue weighted by atomic mass is 10.1. The average molecular weight is 166 g/mol. The summed E-state index contributed by atoms with van der Waals surface area (Å²) in [6.45, 7) is 1.05. The number of carbonyl (C=O) groups excluding carboxylic acids is 1. The van der Waals surface area contributed by atoms with Crippen LogP contribution in [0.25, 0.3) is 0 Å². The van der Waals surface area contributed by atoms with Crippen LogP contribution in [0.2, 0.25) is 2.82 Å². The molecule has 0 saturated heterocycles. The Hall–Kier alpha value is -0.550. The van der Waals surface area contributed by atoms with Gasteiger partial charge >= 0.3 is 5.97 Å². The number of hydrogen-bond acceptors (Lipinski definition) is 4. The van der Waals surface area contributed by atoms with E-state index in [1.807, 2.05) is 0 Å². The van der Waals surface area contributed by atoms with Crippen molar-refractivity contribution in [2.45, 2.75) is 18.2 Å². The number of aliphatic carboxylic acids is 1. The standard InChI is InChI=1S/C5H9NO3S/c1-2(7)4(10)3(6)5(8)9/h3-4,10H,6H2,1H3,(H,8,9)/t3-,4?/m0/s1/i3D/hD2. The van der Waals surface area contributed by atoms with E-state index in [9.17, 15) is 9.59 Å². The van der Waals surface area contributed by atoms with Gasteiger partial charge in [-0.25, -0.2) is 0 Å². The van der Waals surface area contributed by atoms with Crippen LogP contribution in [-0.2, 0) is 9.59 Å². The van der Waals surface area contributed by atoms with Crippen molar-refractivity contribution in [1.29, 1.82) is 0 Å². The van der Waals surface area contributed by atoms with Crippen molar-refractivity contribution < 1.29 is 18.9 Å². The number of nitrogens with two attached hydrogens (primary N) is 1. The smallest absolute Gasteiger partial charge is 0.322 e. The largest absolute Gasteiger partial charge is 0.480 e. The summed E-state index contributed by atoms with van der Waals surface area (Å²) in [5.41, 5.74) is -0.353. The first-order chi connectivity index (χ1) is 5.74. The van der Waals surface area contributed by atoms with Crippen LogP contribution in [0.4, 0.5) is 0 Å². The summed E-state index contributed by atoms with van der Waals surface area (Å²) >= 11 is 3.58. The van der Waals surface area contributed by atoms with E-state index in [0.717, 1.165) is 6.92 Å². The molecule has 0 bridgehead atoms. The summed E-state index contributed by atoms with van der Waals surface area (Å²) in [6.07, 6.45) is 0. The van der Waals surface area contributed by atoms with E-state index in [4.69, 9.17) is 9.30 Å². The summed E-state index contributed by atoms with van der Waals surface area (Å²) in [5.74, 6) is -2.43. The van der Waals surface area contributed by atoms with E-state index in [1.54, 1.807) is 0 Å². The van der Waals surface area contributed by atoms with Crippen molar-refractivity contribution in [2.75, 3.05) is 0 Å². The highest BCUT2D eigenvalue weighted by Gasteiger charge is 2.23. The molecule has 0 radical (unpaired) electrons. The molecular weight excluding hydrogens is 154 g/mol. The molecule has 5 heteroatoms. The Morgan fingerprint density at radius 2 is 2.40 bits per heavy atom. The molecule has 58 valence electrons. The molecule has 4 nitrogen and oxygen atoms in total. The Morgan fingerprint density at radius 3 is 2.50 bits per heavy atom. The van der Waals surface area contributed by atoms with Gasteiger partial charge in [0.1, 0.15) is 14.6 Å². The molecule has 0 heterocycles. The van der Waals surface area contributed by atoms with Gasteiger partial charge in [0.25, 0.3) is 0 Å². The van der Waals surface area contributed by atoms with Crippen LogP contribution in [0.15, 0.2) is 0 Å². The number of Topliss-reactive ketones (excluding diaryl/α,β-unsaturated/α-hetero) is 1. The number of thiol groups is 1. The number of carboxylic acid groups (broad SMARTS) is 1. The van der Waals surface area contributed by atoms with Crippen LogP contribution in [0.3, 0.4) is 0 Å². The van der Waals surface area contributed by atoms with Crippen LogP contribution in [0.5, 0.6) is 0 Å². The summed E-state index contributed by atoms with van der Waals surface area (Å²) in [5, 5.41) is 7.02. The third kappa shape index (κ3) is 2.36. The van der Waals surface area contributed by atoms with E-state index < -0.39 is 23.0 Å². The molecule has 0 aromatic carbocycles. The highest BCUT2D eigenvalue weighted by atomic mass is 32.1. The van der Waals surface area contributed by atoms with E-state index >= 15 is 0 Å². The molecule has 0 aromatic rings. The molecule has 0 rings (SSSR count). The van der Waals surface area contributed by atoms with Gasteiger partial charge in [0.2, 0.25) is 0 Å². The zero-order chi connectivity index (χ0) is 10.8. The minimum atomic E-state index is -2.67. The van der Waals surface area contributed by atoms with Crippen LogP contribution < -0.4 is 5.72 Å². The van der Waals surface area contributed by atoms with Gasteiger partial charge in [-0.15, -0.1) is 0 Å². The quantitative estimate of drug-likeness (QED) is 0.482. The highest BCUT2D eigenvalue weighted by molar-refractivity contribution is 7.82. The number of ketones is 1. The zero-order valence-electron chi connectivity index (χ0n) is 8.24. The Morgan fingerprint density at radius 1 is 1.90 bits per heavy atom. The first-order valence-electron chi connectivity index (χ1n) is 3.84. The third-order valence-electron chi connectivity index (χ3n) is 0.863. The predicted octanol–water partition coefficient (Wildman–Crippen LogP) is -0.714. The molecule has 0 aliphatic carbocycles. The first kappa shape index (κ1) is 5.15. The van der Waals surface area contributed by atoms with E-state index in [-0.39, 0.29) is 5.72 Å². The van der Waals surface area contributed by atoms with Crippen molar-refractivity contribution >= 4 is 24.4 Å². The average Bonchev–Trinajstić information content (AvgIpc) is 2.00. The molecule has 1 unspecified atom stereocenters. The molecule has 0 fully saturated rings. The maximum Gasteiger partial charge on any atom is 0.322 e. The van der Waals surface area contributed by atoms with Gasteiger partial charge in [0.05, 0.1) is 6.62 Å². The molecule has 0 aromatic heterocycles. The van der Waals surface area contributed by atoms with Crippen LogP contribution in [-0.4, -0.2) is 28.1 Å². The second-order valence-electron chi connectivity index (χ2n) is 1.70. The van der Waals surface area contributed by atoms with Crippen molar-refractivity contribution in [3.63, 3.8) is 0 Å². The van der Waals surface area contributed by atoms with E-state index in [1.165, 1.54) is 0 Å². The minimum Gasteiger partial charge on any atom is -0.480 e. The molecule has 2 atom stereocenters. The lowest BCUT2D eigenvalue weighted by Crippen LogP contribution is -2.42. The zero-order valence-corrected chi connectivity index (χ0v) is 6.13. The summed E-state index contributed by atoms with van der Waals surface area (Å²) in [4.78, 5) is 21.3. The predicted molar refractivity (Wildman–Crippen MR) is 39.1 cm³/mol. The van der Waals surface area contributed by atoms with E-state index in [2.05, 4.69) is 12.6 Å². The molecular formula is C5H9NO3S. The van der Waals surface area contributed by atoms with Crippen molar-refractivity contribution in [3.05, 3.63) is 0 Å². The molecule has 0 spiro atoms. The van der Waals surface area contributed by atoms with Gasteiger partial charge in [-0.2, -0.15) is 12.6 Å². The second kappa shape index (κ2) is 3.58. The minimum absolute atomic E-state index is 0.353. The Labute approximate surface area is 68.1 Å². The summed E-state index contributed by atoms with van der Waals surface area (Å²) in [7, 11) is 0. The van der Waals surface area contributed by atoms with Gasteiger partial charge in [0.15, 0.2) is 0 Å². The summed E-state index contributed by atoms with van der Waals surface area (Å²) < 4.78 is 20.7. The van der Waals surface area contributed by atoms with Crippen molar-refractivity contribution in [2.24, 2.45) is 5.72 Å². The SMILES string of the molecule is [2H]N([2H])[C@]([2H])(C(=O)O)C(S)C(C)=O. The molecule has 0 aliphatic heterocycles. The lowest BCUT2D eigenvalue weighted by molar-refractivity contribution is -0.139. The van der Waals surface area contributed by atoms with Gasteiger partial charge in [-0.1, -0.05) is 0 Å². The van der Waals surface area contributed by atoms with E-state index in [0.29, 0.717) is 0 Å². The number of rotatable bonds is 4. The van der Waals surface area contributed by atoms with Gasteiger partial charge in [-0.05, 0) is 6.92 Å². The second-order valence-corrected chi connectivity index (χ2v) is 2.22. The number of carboxylic acids is 1. The van der Waals surface area contributed by atoms with Crippen LogP contribution in [0.1, 0.15) is 8.29 Å². The first-order valence-corrected chi connectivity index (χ1v) is 2.96. The summed E-state index contributed by atoms with van der Waals surface area (Å²) in [6, 6.07) is -2.67. The molecule has 0 saturated carbocycles. The fourth-order valence-electron chi connectivity index (χ4n) is 0.309. The van der Waals surface area contributed by atoms with Gasteiger partial charge in [0, 0.05) is 0 Å². The maximum atomic E-state index is 10.7. The molecule has 10 heavy (non-hydrogen) atoms. The normalized spacial score (nSPS) is 23.7. The molecule has 0 amide bonds. The topological polar surface area (TPSA) is 80.4 Å². The monoisotopic (exact) mass is 166 g/mol. The Kier molecular flexibility index (Phi) is 1.84. The molecule has 3 N–H and O–H groups in total. The highest BCUT2D eigenvalue weighted by Crippen LogP contribution is 2.00. The number of carbonyl (C=O) groups is 2. The van der Waals surface area contributed by atoms with Crippen LogP contribution in [0, 0.1) is 0 Å². The maximum absolute atomic E-state index is 10.7. The molecule has 0 aliphatic rings.